The minimum absolute atomic E-state index is 0.176. The Morgan fingerprint density at radius 1 is 1.03 bits per heavy atom. The number of nitrogens with zero attached hydrogens (tertiary/aromatic N) is 3. The monoisotopic (exact) mass is 403 g/mol. The van der Waals surface area contributed by atoms with Crippen molar-refractivity contribution in [1.29, 1.82) is 0 Å². The molecule has 154 valence electrons. The van der Waals surface area contributed by atoms with Crippen LogP contribution in [0, 0.1) is 23.2 Å². The van der Waals surface area contributed by atoms with Gasteiger partial charge in [0.05, 0.1) is 11.8 Å². The minimum Gasteiger partial charge on any atom is -0.298 e. The van der Waals surface area contributed by atoms with Crippen LogP contribution in [-0.4, -0.2) is 20.8 Å². The Hall–Kier alpha value is -2.18. The highest BCUT2D eigenvalue weighted by Gasteiger charge is 2.51. The lowest BCUT2D eigenvalue weighted by Crippen LogP contribution is -2.47. The van der Waals surface area contributed by atoms with E-state index in [0.717, 1.165) is 29.9 Å². The molecule has 0 saturated heterocycles. The van der Waals surface area contributed by atoms with Gasteiger partial charge >= 0.3 is 6.18 Å². The number of carbonyl (C=O) groups is 1. The van der Waals surface area contributed by atoms with Gasteiger partial charge in [0.1, 0.15) is 12.2 Å². The molecular weight excluding hydrogens is 379 g/mol. The molecule has 4 saturated carbocycles. The molecule has 0 unspecified atom stereocenters. The van der Waals surface area contributed by atoms with E-state index in [0.29, 0.717) is 17.7 Å². The van der Waals surface area contributed by atoms with E-state index in [-0.39, 0.29) is 17.7 Å². The second kappa shape index (κ2) is 6.67. The van der Waals surface area contributed by atoms with Crippen molar-refractivity contribution < 1.29 is 18.0 Å². The van der Waals surface area contributed by atoms with E-state index in [4.69, 9.17) is 0 Å². The average Bonchev–Trinajstić information content (AvgIpc) is 3.07. The summed E-state index contributed by atoms with van der Waals surface area (Å²) in [6.45, 7) is 0.176. The van der Waals surface area contributed by atoms with Gasteiger partial charge in [0.25, 0.3) is 0 Å². The molecule has 1 aromatic heterocycles. The molecule has 0 N–H and O–H groups in total. The Bertz CT molecular complexity index is 881. The molecule has 6 rings (SSSR count). The summed E-state index contributed by atoms with van der Waals surface area (Å²) >= 11 is 0. The number of ketones is 1. The Balaban J connectivity index is 1.24. The highest BCUT2D eigenvalue weighted by molar-refractivity contribution is 5.79. The molecule has 1 heterocycles. The van der Waals surface area contributed by atoms with Gasteiger partial charge in [-0.1, -0.05) is 17.3 Å². The van der Waals surface area contributed by atoms with Crippen molar-refractivity contribution in [2.24, 2.45) is 23.2 Å². The summed E-state index contributed by atoms with van der Waals surface area (Å²) in [4.78, 5) is 12.8. The maximum Gasteiger partial charge on any atom is 0.416 e. The van der Waals surface area contributed by atoms with Crippen molar-refractivity contribution in [3.05, 3.63) is 36.0 Å². The number of Topliss-reactive ketones (excluding diaryl/α,β-unsaturated/α-hetero) is 1. The molecule has 4 aliphatic carbocycles. The second-order valence-corrected chi connectivity index (χ2v) is 9.51. The molecule has 0 aliphatic heterocycles. The normalized spacial score (nSPS) is 30.7. The first kappa shape index (κ1) is 18.8. The molecule has 4 bridgehead atoms. The molecule has 7 heteroatoms. The summed E-state index contributed by atoms with van der Waals surface area (Å²) in [6.07, 6.45) is 5.54. The molecule has 29 heavy (non-hydrogen) atoms. The van der Waals surface area contributed by atoms with Crippen molar-refractivity contribution in [1.82, 2.24) is 15.0 Å². The van der Waals surface area contributed by atoms with Crippen LogP contribution in [0.25, 0.3) is 11.3 Å². The summed E-state index contributed by atoms with van der Waals surface area (Å²) in [5.74, 6) is 2.61. The Kier molecular flexibility index (Phi) is 4.33. The summed E-state index contributed by atoms with van der Waals surface area (Å²) in [7, 11) is 0. The van der Waals surface area contributed by atoms with E-state index >= 15 is 0 Å². The van der Waals surface area contributed by atoms with Gasteiger partial charge in [0, 0.05) is 12.0 Å². The number of halogens is 3. The molecule has 4 nitrogen and oxygen atoms in total. The lowest BCUT2D eigenvalue weighted by molar-refractivity contribution is -0.137. The highest BCUT2D eigenvalue weighted by Crippen LogP contribution is 2.61. The van der Waals surface area contributed by atoms with Crippen LogP contribution in [0.3, 0.4) is 0 Å². The van der Waals surface area contributed by atoms with Gasteiger partial charge in [0.2, 0.25) is 0 Å². The smallest absolute Gasteiger partial charge is 0.298 e. The third-order valence-electron chi connectivity index (χ3n) is 7.12. The van der Waals surface area contributed by atoms with Crippen LogP contribution in [0.1, 0.15) is 50.5 Å². The van der Waals surface area contributed by atoms with Gasteiger partial charge in [-0.15, -0.1) is 5.10 Å². The van der Waals surface area contributed by atoms with Gasteiger partial charge in [-0.05, 0) is 73.8 Å². The molecular formula is C22H24F3N3O. The van der Waals surface area contributed by atoms with Gasteiger partial charge < -0.3 is 0 Å². The zero-order chi connectivity index (χ0) is 20.2. The van der Waals surface area contributed by atoms with Gasteiger partial charge in [-0.3, -0.25) is 4.79 Å². The lowest BCUT2D eigenvalue weighted by Gasteiger charge is -2.56. The maximum atomic E-state index is 12.8. The number of hydrogen-bond acceptors (Lipinski definition) is 3. The van der Waals surface area contributed by atoms with E-state index in [1.165, 1.54) is 55.3 Å². The molecule has 0 spiro atoms. The average molecular weight is 403 g/mol. The molecule has 0 radical (unpaired) electrons. The van der Waals surface area contributed by atoms with Crippen molar-refractivity contribution in [3.8, 4) is 11.3 Å². The zero-order valence-electron chi connectivity index (χ0n) is 16.2. The topological polar surface area (TPSA) is 47.8 Å². The van der Waals surface area contributed by atoms with E-state index in [9.17, 15) is 18.0 Å². The predicted octanol–water partition coefficient (Wildman–Crippen LogP) is 5.14. The van der Waals surface area contributed by atoms with Crippen LogP contribution < -0.4 is 0 Å². The summed E-state index contributed by atoms with van der Waals surface area (Å²) in [6, 6.07) is 4.84. The highest BCUT2D eigenvalue weighted by atomic mass is 19.4. The fourth-order valence-electron chi connectivity index (χ4n) is 6.50. The standard InChI is InChI=1S/C22H24F3N3O/c23-22(24,25)18-3-1-17(2-4-18)20-13-28(27-26-20)12-19(29)11-21-8-14-5-15(9-21)7-16(6-14)10-21/h1-4,13-16H,5-12H2. The zero-order valence-corrected chi connectivity index (χ0v) is 16.2. The third kappa shape index (κ3) is 3.71. The largest absolute Gasteiger partial charge is 0.416 e. The first-order valence-corrected chi connectivity index (χ1v) is 10.4. The summed E-state index contributed by atoms with van der Waals surface area (Å²) in [5.41, 5.74) is 0.529. The summed E-state index contributed by atoms with van der Waals surface area (Å²) < 4.78 is 39.6. The van der Waals surface area contributed by atoms with Gasteiger partial charge in [-0.25, -0.2) is 4.68 Å². The molecule has 2 aromatic rings. The molecule has 4 fully saturated rings. The summed E-state index contributed by atoms with van der Waals surface area (Å²) in [5, 5.41) is 8.06. The van der Waals surface area contributed by atoms with Gasteiger partial charge in [0.15, 0.2) is 5.78 Å². The number of benzene rings is 1. The second-order valence-electron chi connectivity index (χ2n) is 9.51. The van der Waals surface area contributed by atoms with Crippen LogP contribution in [0.4, 0.5) is 13.2 Å². The van der Waals surface area contributed by atoms with Crippen LogP contribution in [-0.2, 0) is 17.5 Å². The van der Waals surface area contributed by atoms with E-state index in [2.05, 4.69) is 10.3 Å². The van der Waals surface area contributed by atoms with E-state index in [1.54, 1.807) is 6.20 Å². The lowest BCUT2D eigenvalue weighted by atomic mass is 9.48. The van der Waals surface area contributed by atoms with Crippen LogP contribution in [0.15, 0.2) is 30.5 Å². The maximum absolute atomic E-state index is 12.8. The molecule has 0 atom stereocenters. The molecule has 1 aromatic carbocycles. The van der Waals surface area contributed by atoms with Gasteiger partial charge in [-0.2, -0.15) is 13.2 Å². The Labute approximate surface area is 167 Å². The number of hydrogen-bond donors (Lipinski definition) is 0. The number of rotatable bonds is 5. The fraction of sp³-hybridized carbons (Fsp3) is 0.591. The number of aromatic nitrogens is 3. The van der Waals surface area contributed by atoms with E-state index in [1.807, 2.05) is 0 Å². The third-order valence-corrected chi connectivity index (χ3v) is 7.12. The first-order valence-electron chi connectivity index (χ1n) is 10.4. The van der Waals surface area contributed by atoms with Crippen LogP contribution in [0.5, 0.6) is 0 Å². The SMILES string of the molecule is O=C(Cn1cc(-c2ccc(C(F)(F)F)cc2)nn1)CC12CC3CC(CC(C3)C1)C2. The minimum atomic E-state index is -4.36. The van der Waals surface area contributed by atoms with Crippen LogP contribution in [0.2, 0.25) is 0 Å². The predicted molar refractivity (Wildman–Crippen MR) is 101 cm³/mol. The van der Waals surface area contributed by atoms with Crippen molar-refractivity contribution in [2.75, 3.05) is 0 Å². The van der Waals surface area contributed by atoms with Crippen molar-refractivity contribution >= 4 is 5.78 Å². The molecule has 0 amide bonds. The molecule has 4 aliphatic rings. The van der Waals surface area contributed by atoms with Crippen LogP contribution >= 0.6 is 0 Å². The quantitative estimate of drug-likeness (QED) is 0.695. The van der Waals surface area contributed by atoms with Crippen molar-refractivity contribution in [3.63, 3.8) is 0 Å². The first-order chi connectivity index (χ1) is 13.8. The van der Waals surface area contributed by atoms with E-state index < -0.39 is 11.7 Å². The fourth-order valence-corrected chi connectivity index (χ4v) is 6.50. The Morgan fingerprint density at radius 3 is 2.17 bits per heavy atom. The number of carbonyl (C=O) groups excluding carboxylic acids is 1. The van der Waals surface area contributed by atoms with Crippen molar-refractivity contribution in [2.45, 2.75) is 57.7 Å². The Morgan fingerprint density at radius 2 is 1.62 bits per heavy atom. The number of alkyl halides is 3.